The van der Waals surface area contributed by atoms with Gasteiger partial charge in [-0.1, -0.05) is 30.3 Å². The molecule has 1 N–H and O–H groups in total. The van der Waals surface area contributed by atoms with Gasteiger partial charge in [0.05, 0.1) is 12.5 Å². The van der Waals surface area contributed by atoms with Gasteiger partial charge < -0.3 is 15.1 Å². The molecule has 168 valence electrons. The van der Waals surface area contributed by atoms with E-state index in [1.54, 1.807) is 4.90 Å². The van der Waals surface area contributed by atoms with Gasteiger partial charge in [0.25, 0.3) is 0 Å². The van der Waals surface area contributed by atoms with Gasteiger partial charge in [-0.05, 0) is 29.8 Å². The Balaban J connectivity index is 1.21. The fraction of sp³-hybridized carbons (Fsp3) is 0.375. The number of halogens is 1. The molecule has 0 aliphatic carbocycles. The Morgan fingerprint density at radius 3 is 2.34 bits per heavy atom. The maximum Gasteiger partial charge on any atom is 0.242 e. The number of rotatable bonds is 6. The fourth-order valence-corrected chi connectivity index (χ4v) is 4.17. The van der Waals surface area contributed by atoms with Crippen molar-refractivity contribution in [1.82, 2.24) is 15.1 Å². The van der Waals surface area contributed by atoms with Crippen molar-refractivity contribution >= 4 is 23.4 Å². The first-order chi connectivity index (χ1) is 15.5. The summed E-state index contributed by atoms with van der Waals surface area (Å²) >= 11 is 0. The lowest BCUT2D eigenvalue weighted by Crippen LogP contribution is -2.51. The van der Waals surface area contributed by atoms with Crippen molar-refractivity contribution in [1.29, 1.82) is 0 Å². The summed E-state index contributed by atoms with van der Waals surface area (Å²) < 4.78 is 13.1. The minimum atomic E-state index is -0.525. The summed E-state index contributed by atoms with van der Waals surface area (Å²) in [6.45, 7) is 3.85. The molecule has 0 aromatic heterocycles. The van der Waals surface area contributed by atoms with Crippen LogP contribution >= 0.6 is 0 Å². The third kappa shape index (κ3) is 5.31. The minimum Gasteiger partial charge on any atom is -0.347 e. The lowest BCUT2D eigenvalue weighted by molar-refractivity contribution is -0.135. The SMILES string of the molecule is O=C(NCC(=O)N1CCN(Cc2ccccc2)CC1)[C@H]1CC(=O)N(c2ccc(F)cc2)C1. The third-order valence-corrected chi connectivity index (χ3v) is 6.02. The van der Waals surface area contributed by atoms with E-state index in [1.807, 2.05) is 18.2 Å². The maximum absolute atomic E-state index is 13.1. The van der Waals surface area contributed by atoms with Crippen LogP contribution in [0.5, 0.6) is 0 Å². The van der Waals surface area contributed by atoms with Crippen LogP contribution in [0.2, 0.25) is 0 Å². The van der Waals surface area contributed by atoms with Gasteiger partial charge in [0.2, 0.25) is 17.7 Å². The first-order valence-electron chi connectivity index (χ1n) is 10.9. The predicted octanol–water partition coefficient (Wildman–Crippen LogP) is 1.64. The molecule has 3 amide bonds. The highest BCUT2D eigenvalue weighted by atomic mass is 19.1. The molecule has 4 rings (SSSR count). The molecular weight excluding hydrogens is 411 g/mol. The molecule has 2 aromatic carbocycles. The summed E-state index contributed by atoms with van der Waals surface area (Å²) in [6, 6.07) is 15.8. The van der Waals surface area contributed by atoms with E-state index in [1.165, 1.54) is 34.7 Å². The van der Waals surface area contributed by atoms with Crippen molar-refractivity contribution in [3.8, 4) is 0 Å². The number of piperazine rings is 1. The van der Waals surface area contributed by atoms with Gasteiger partial charge in [0, 0.05) is 51.4 Å². The molecule has 2 fully saturated rings. The predicted molar refractivity (Wildman–Crippen MR) is 118 cm³/mol. The molecule has 1 atom stereocenters. The Morgan fingerprint density at radius 1 is 0.969 bits per heavy atom. The molecule has 2 aromatic rings. The largest absolute Gasteiger partial charge is 0.347 e. The van der Waals surface area contributed by atoms with Crippen molar-refractivity contribution in [2.75, 3.05) is 44.2 Å². The number of carbonyl (C=O) groups is 3. The van der Waals surface area contributed by atoms with E-state index < -0.39 is 5.92 Å². The molecule has 0 radical (unpaired) electrons. The van der Waals surface area contributed by atoms with Crippen LogP contribution in [0.15, 0.2) is 54.6 Å². The van der Waals surface area contributed by atoms with Crippen molar-refractivity contribution < 1.29 is 18.8 Å². The van der Waals surface area contributed by atoms with E-state index in [0.717, 1.165) is 19.6 Å². The fourth-order valence-electron chi connectivity index (χ4n) is 4.17. The average Bonchev–Trinajstić information content (AvgIpc) is 3.20. The number of benzene rings is 2. The zero-order chi connectivity index (χ0) is 22.5. The smallest absolute Gasteiger partial charge is 0.242 e. The second-order valence-electron chi connectivity index (χ2n) is 8.24. The average molecular weight is 439 g/mol. The van der Waals surface area contributed by atoms with Gasteiger partial charge in [-0.25, -0.2) is 4.39 Å². The number of hydrogen-bond donors (Lipinski definition) is 1. The Hall–Kier alpha value is -3.26. The number of nitrogens with zero attached hydrogens (tertiary/aromatic N) is 3. The second-order valence-corrected chi connectivity index (χ2v) is 8.24. The van der Waals surface area contributed by atoms with Crippen molar-refractivity contribution in [3.05, 3.63) is 66.0 Å². The van der Waals surface area contributed by atoms with Crippen LogP contribution in [-0.2, 0) is 20.9 Å². The second kappa shape index (κ2) is 9.91. The van der Waals surface area contributed by atoms with Crippen molar-refractivity contribution in [2.45, 2.75) is 13.0 Å². The highest BCUT2D eigenvalue weighted by Crippen LogP contribution is 2.25. The number of anilines is 1. The van der Waals surface area contributed by atoms with E-state index in [9.17, 15) is 18.8 Å². The molecule has 2 aliphatic rings. The van der Waals surface area contributed by atoms with Crippen LogP contribution in [0, 0.1) is 11.7 Å². The lowest BCUT2D eigenvalue weighted by Gasteiger charge is -2.34. The van der Waals surface area contributed by atoms with Crippen LogP contribution in [0.1, 0.15) is 12.0 Å². The Bertz CT molecular complexity index is 959. The molecule has 2 aliphatic heterocycles. The topological polar surface area (TPSA) is 73.0 Å². The highest BCUT2D eigenvalue weighted by Gasteiger charge is 2.35. The Kier molecular flexibility index (Phi) is 6.80. The minimum absolute atomic E-state index is 0.0707. The molecule has 0 bridgehead atoms. The zero-order valence-electron chi connectivity index (χ0n) is 17.9. The monoisotopic (exact) mass is 438 g/mol. The van der Waals surface area contributed by atoms with Gasteiger partial charge >= 0.3 is 0 Å². The molecule has 8 heteroatoms. The van der Waals surface area contributed by atoms with Gasteiger partial charge in [-0.3, -0.25) is 19.3 Å². The first-order valence-corrected chi connectivity index (χ1v) is 10.9. The molecule has 0 spiro atoms. The zero-order valence-corrected chi connectivity index (χ0v) is 17.9. The molecule has 0 unspecified atom stereocenters. The third-order valence-electron chi connectivity index (χ3n) is 6.02. The van der Waals surface area contributed by atoms with E-state index in [-0.39, 0.29) is 43.0 Å². The van der Waals surface area contributed by atoms with Crippen LogP contribution in [-0.4, -0.2) is 66.8 Å². The van der Waals surface area contributed by atoms with Gasteiger partial charge in [-0.2, -0.15) is 0 Å². The highest BCUT2D eigenvalue weighted by molar-refractivity contribution is 6.00. The van der Waals surface area contributed by atoms with Crippen LogP contribution < -0.4 is 10.2 Å². The van der Waals surface area contributed by atoms with E-state index in [4.69, 9.17) is 0 Å². The maximum atomic E-state index is 13.1. The summed E-state index contributed by atoms with van der Waals surface area (Å²) in [6.07, 6.45) is 0.0789. The standard InChI is InChI=1S/C24H27FN4O3/c25-20-6-8-21(9-7-20)29-17-19(14-22(29)30)24(32)26-15-23(31)28-12-10-27(11-13-28)16-18-4-2-1-3-5-18/h1-9,19H,10-17H2,(H,26,32)/t19-/m0/s1. The Morgan fingerprint density at radius 2 is 1.66 bits per heavy atom. The molecule has 2 saturated heterocycles. The summed E-state index contributed by atoms with van der Waals surface area (Å²) in [5.41, 5.74) is 1.82. The van der Waals surface area contributed by atoms with Gasteiger partial charge in [0.1, 0.15) is 5.82 Å². The van der Waals surface area contributed by atoms with E-state index in [0.29, 0.717) is 18.8 Å². The summed E-state index contributed by atoms with van der Waals surface area (Å²) in [5, 5.41) is 2.69. The Labute approximate surface area is 186 Å². The number of nitrogens with one attached hydrogen (secondary N) is 1. The molecule has 2 heterocycles. The molecule has 7 nitrogen and oxygen atoms in total. The summed E-state index contributed by atoms with van der Waals surface area (Å²) in [7, 11) is 0. The lowest BCUT2D eigenvalue weighted by atomic mass is 10.1. The van der Waals surface area contributed by atoms with E-state index >= 15 is 0 Å². The number of hydrogen-bond acceptors (Lipinski definition) is 4. The van der Waals surface area contributed by atoms with Crippen LogP contribution in [0.25, 0.3) is 0 Å². The van der Waals surface area contributed by atoms with Gasteiger partial charge in [0.15, 0.2) is 0 Å². The number of carbonyl (C=O) groups excluding carboxylic acids is 3. The quantitative estimate of drug-likeness (QED) is 0.744. The van der Waals surface area contributed by atoms with Gasteiger partial charge in [-0.15, -0.1) is 0 Å². The molecular formula is C24H27FN4O3. The van der Waals surface area contributed by atoms with Crippen molar-refractivity contribution in [3.63, 3.8) is 0 Å². The summed E-state index contributed by atoms with van der Waals surface area (Å²) in [5.74, 6) is -1.51. The first kappa shape index (κ1) is 22.0. The number of amides is 3. The van der Waals surface area contributed by atoms with Crippen LogP contribution in [0.3, 0.4) is 0 Å². The molecule has 0 saturated carbocycles. The van der Waals surface area contributed by atoms with Crippen LogP contribution in [0.4, 0.5) is 10.1 Å². The summed E-state index contributed by atoms with van der Waals surface area (Å²) in [4.78, 5) is 42.9. The van der Waals surface area contributed by atoms with Crippen molar-refractivity contribution in [2.24, 2.45) is 5.92 Å². The molecule has 32 heavy (non-hydrogen) atoms. The normalized spacial score (nSPS) is 19.3. The van der Waals surface area contributed by atoms with E-state index in [2.05, 4.69) is 22.3 Å².